The third-order valence-electron chi connectivity index (χ3n) is 4.53. The number of alkyl halides is 5. The van der Waals surface area contributed by atoms with Crippen LogP contribution < -0.4 is 4.74 Å². The predicted octanol–water partition coefficient (Wildman–Crippen LogP) is 2.72. The quantitative estimate of drug-likeness (QED) is 0.704. The average molecular weight is 408 g/mol. The monoisotopic (exact) mass is 408 g/mol. The van der Waals surface area contributed by atoms with Gasteiger partial charge >= 0.3 is 12.3 Å². The van der Waals surface area contributed by atoms with Crippen molar-refractivity contribution in [3.63, 3.8) is 0 Å². The van der Waals surface area contributed by atoms with Gasteiger partial charge in [-0.15, -0.1) is 0 Å². The highest BCUT2D eigenvalue weighted by molar-refractivity contribution is 5.77. The Kier molecular flexibility index (Phi) is 5.39. The summed E-state index contributed by atoms with van der Waals surface area (Å²) < 4.78 is 70.5. The van der Waals surface area contributed by atoms with E-state index >= 15 is 0 Å². The highest BCUT2D eigenvalue weighted by Gasteiger charge is 2.45. The van der Waals surface area contributed by atoms with E-state index in [-0.39, 0.29) is 18.9 Å². The number of aromatic nitrogens is 2. The Morgan fingerprint density at radius 2 is 1.89 bits per heavy atom. The lowest BCUT2D eigenvalue weighted by atomic mass is 9.98. The summed E-state index contributed by atoms with van der Waals surface area (Å²) in [5, 5.41) is 0. The second kappa shape index (κ2) is 7.47. The van der Waals surface area contributed by atoms with E-state index in [1.165, 1.54) is 4.90 Å². The molecule has 0 saturated carbocycles. The molecule has 28 heavy (non-hydrogen) atoms. The number of piperidine rings is 2. The number of rotatable bonds is 2. The second-order valence-electron chi connectivity index (χ2n) is 6.75. The number of carbonyl (C=O) groups is 2. The molecule has 0 N–H and O–H groups in total. The molecule has 12 heteroatoms. The lowest BCUT2D eigenvalue weighted by Gasteiger charge is -2.43. The fourth-order valence-electron chi connectivity index (χ4n) is 3.31. The molecule has 1 aromatic heterocycles. The fourth-order valence-corrected chi connectivity index (χ4v) is 3.31. The molecule has 0 spiro atoms. The molecule has 3 rings (SSSR count). The van der Waals surface area contributed by atoms with Crippen LogP contribution in [0.1, 0.15) is 31.5 Å². The summed E-state index contributed by atoms with van der Waals surface area (Å²) in [5.74, 6) is -5.28. The van der Waals surface area contributed by atoms with Gasteiger partial charge in [-0.1, -0.05) is 0 Å². The van der Waals surface area contributed by atoms with Crippen LogP contribution in [0, 0.1) is 0 Å². The van der Waals surface area contributed by atoms with Crippen molar-refractivity contribution in [2.45, 2.75) is 43.8 Å². The van der Waals surface area contributed by atoms with Crippen molar-refractivity contribution in [3.8, 4) is 5.75 Å². The van der Waals surface area contributed by atoms with Crippen molar-refractivity contribution in [3.05, 3.63) is 18.2 Å². The first-order valence-electron chi connectivity index (χ1n) is 8.58. The first-order valence-corrected chi connectivity index (χ1v) is 8.58. The van der Waals surface area contributed by atoms with Crippen LogP contribution in [0.3, 0.4) is 0 Å². The molecule has 0 aliphatic carbocycles. The van der Waals surface area contributed by atoms with Gasteiger partial charge in [-0.2, -0.15) is 13.2 Å². The Bertz CT molecular complexity index is 741. The summed E-state index contributed by atoms with van der Waals surface area (Å²) in [7, 11) is 0. The van der Waals surface area contributed by atoms with Gasteiger partial charge in [-0.3, -0.25) is 9.69 Å². The van der Waals surface area contributed by atoms with Gasteiger partial charge in [0.1, 0.15) is 0 Å². The molecule has 0 unspecified atom stereocenters. The minimum absolute atomic E-state index is 0.151. The van der Waals surface area contributed by atoms with Gasteiger partial charge in [-0.25, -0.2) is 23.5 Å². The number of hydrogen-bond acceptors (Lipinski definition) is 5. The predicted molar refractivity (Wildman–Crippen MR) is 83.5 cm³/mol. The zero-order valence-electron chi connectivity index (χ0n) is 14.6. The van der Waals surface area contributed by atoms with Gasteiger partial charge in [0.15, 0.2) is 5.75 Å². The lowest BCUT2D eigenvalue weighted by Crippen LogP contribution is -2.59. The van der Waals surface area contributed by atoms with Crippen molar-refractivity contribution in [2.24, 2.45) is 0 Å². The molecule has 2 aliphatic rings. The Balaban J connectivity index is 1.69. The Hall–Kier alpha value is -2.53. The molecule has 154 valence electrons. The van der Waals surface area contributed by atoms with E-state index in [4.69, 9.17) is 4.74 Å². The summed E-state index contributed by atoms with van der Waals surface area (Å²) in [6, 6.07) is -0.854. The number of amides is 2. The smallest absolute Gasteiger partial charge is 0.407 e. The second-order valence-corrected chi connectivity index (χ2v) is 6.75. The minimum atomic E-state index is -4.76. The average Bonchev–Trinajstić information content (AvgIpc) is 2.60. The number of likely N-dealkylation sites (tertiary alicyclic amines) is 2. The van der Waals surface area contributed by atoms with Crippen LogP contribution in [0.15, 0.2) is 12.4 Å². The minimum Gasteiger partial charge on any atom is -0.407 e. The Morgan fingerprint density at radius 3 is 2.50 bits per heavy atom. The SMILES string of the molecule is O=C(Oc1cnc(C(F)(F)F)nc1)N1C[C@H](N2CCCCC2=O)CC(F)(F)C1. The van der Waals surface area contributed by atoms with Crippen molar-refractivity contribution < 1.29 is 36.3 Å². The highest BCUT2D eigenvalue weighted by atomic mass is 19.4. The summed E-state index contributed by atoms with van der Waals surface area (Å²) in [6.07, 6.45) is -3.55. The summed E-state index contributed by atoms with van der Waals surface area (Å²) in [5.41, 5.74) is 0. The van der Waals surface area contributed by atoms with Crippen LogP contribution in [0.4, 0.5) is 26.7 Å². The van der Waals surface area contributed by atoms with Crippen LogP contribution in [0.25, 0.3) is 0 Å². The number of carbonyl (C=O) groups excluding carboxylic acids is 2. The first-order chi connectivity index (χ1) is 13.0. The molecule has 7 nitrogen and oxygen atoms in total. The van der Waals surface area contributed by atoms with E-state index in [2.05, 4.69) is 9.97 Å². The van der Waals surface area contributed by atoms with Crippen LogP contribution in [0.5, 0.6) is 5.75 Å². The Morgan fingerprint density at radius 1 is 1.21 bits per heavy atom. The molecule has 2 amide bonds. The highest BCUT2D eigenvalue weighted by Crippen LogP contribution is 2.32. The van der Waals surface area contributed by atoms with Gasteiger partial charge < -0.3 is 9.64 Å². The third kappa shape index (κ3) is 4.65. The van der Waals surface area contributed by atoms with E-state index in [9.17, 15) is 31.5 Å². The largest absolute Gasteiger partial charge is 0.451 e. The normalized spacial score (nSPS) is 22.9. The molecule has 3 heterocycles. The molecule has 0 radical (unpaired) electrons. The molecule has 0 bridgehead atoms. The van der Waals surface area contributed by atoms with Crippen LogP contribution in [-0.4, -0.2) is 63.4 Å². The third-order valence-corrected chi connectivity index (χ3v) is 4.53. The molecule has 0 aromatic carbocycles. The number of nitrogens with zero attached hydrogens (tertiary/aromatic N) is 4. The van der Waals surface area contributed by atoms with E-state index < -0.39 is 48.8 Å². The van der Waals surface area contributed by atoms with Crippen molar-refractivity contribution in [2.75, 3.05) is 19.6 Å². The van der Waals surface area contributed by atoms with E-state index in [0.717, 1.165) is 4.90 Å². The summed E-state index contributed by atoms with van der Waals surface area (Å²) >= 11 is 0. The molecule has 1 aromatic rings. The molecule has 1 atom stereocenters. The number of ether oxygens (including phenoxy) is 1. The zero-order valence-corrected chi connectivity index (χ0v) is 14.6. The molecule has 2 fully saturated rings. The van der Waals surface area contributed by atoms with Gasteiger partial charge in [0.2, 0.25) is 11.7 Å². The molecule has 2 aliphatic heterocycles. The number of halogens is 5. The summed E-state index contributed by atoms with van der Waals surface area (Å²) in [4.78, 5) is 32.4. The topological polar surface area (TPSA) is 75.6 Å². The van der Waals surface area contributed by atoms with Crippen LogP contribution in [-0.2, 0) is 11.0 Å². The maximum atomic E-state index is 14.1. The van der Waals surface area contributed by atoms with Gasteiger partial charge in [0.25, 0.3) is 5.92 Å². The van der Waals surface area contributed by atoms with Gasteiger partial charge in [0.05, 0.1) is 25.0 Å². The zero-order chi connectivity index (χ0) is 20.5. The van der Waals surface area contributed by atoms with Crippen LogP contribution in [0.2, 0.25) is 0 Å². The maximum Gasteiger partial charge on any atom is 0.451 e. The lowest BCUT2D eigenvalue weighted by molar-refractivity contribution is -0.145. The standard InChI is InChI=1S/C16H17F5N4O3/c17-15(18)5-10(25-4-2-1-3-12(25)26)8-24(9-15)14(27)28-11-6-22-13(23-7-11)16(19,20)21/h6-7,10H,1-5,8-9H2/t10-/m1/s1. The molecular weight excluding hydrogens is 391 g/mol. The number of hydrogen-bond donors (Lipinski definition) is 0. The van der Waals surface area contributed by atoms with Crippen LogP contribution >= 0.6 is 0 Å². The van der Waals surface area contributed by atoms with Crippen molar-refractivity contribution >= 4 is 12.0 Å². The van der Waals surface area contributed by atoms with E-state index in [1.54, 1.807) is 0 Å². The fraction of sp³-hybridized carbons (Fsp3) is 0.625. The van der Waals surface area contributed by atoms with Gasteiger partial charge in [0, 0.05) is 25.9 Å². The van der Waals surface area contributed by atoms with Crippen molar-refractivity contribution in [1.29, 1.82) is 0 Å². The van der Waals surface area contributed by atoms with E-state index in [0.29, 0.717) is 31.8 Å². The maximum absolute atomic E-state index is 14.1. The van der Waals surface area contributed by atoms with Crippen molar-refractivity contribution in [1.82, 2.24) is 19.8 Å². The first kappa shape index (κ1) is 20.2. The van der Waals surface area contributed by atoms with Gasteiger partial charge in [-0.05, 0) is 12.8 Å². The molecule has 2 saturated heterocycles. The van der Waals surface area contributed by atoms with E-state index in [1.807, 2.05) is 0 Å². The molecular formula is C16H17F5N4O3. The summed E-state index contributed by atoms with van der Waals surface area (Å²) in [6.45, 7) is -0.720. The Labute approximate surface area is 156 Å².